The Morgan fingerprint density at radius 2 is 0.560 bits per heavy atom. The maximum Gasteiger partial charge on any atom is 0.0462 e. The van der Waals surface area contributed by atoms with E-state index >= 15 is 0 Å². The molecule has 238 valence electrons. The minimum absolute atomic E-state index is 0.882. The summed E-state index contributed by atoms with van der Waals surface area (Å²) >= 11 is 7.46. The van der Waals surface area contributed by atoms with Gasteiger partial charge in [-0.1, -0.05) is 96.5 Å². The van der Waals surface area contributed by atoms with Gasteiger partial charge >= 0.3 is 0 Å². The van der Waals surface area contributed by atoms with Crippen LogP contribution in [0, 0.1) is 23.7 Å². The van der Waals surface area contributed by atoms with Crippen molar-refractivity contribution in [1.82, 2.24) is 0 Å². The minimum atomic E-state index is 0.882. The molecule has 0 spiro atoms. The fourth-order valence-corrected chi connectivity index (χ4v) is 6.49. The quantitative estimate of drug-likeness (QED) is 0.155. The van der Waals surface area contributed by atoms with Crippen LogP contribution in [0.5, 0.6) is 0 Å². The van der Waals surface area contributed by atoms with Crippen LogP contribution < -0.4 is 9.80 Å². The molecule has 0 aliphatic rings. The molecule has 4 heteroatoms. The largest absolute Gasteiger partial charge is 0.311 e. The Morgan fingerprint density at radius 1 is 0.300 bits per heavy atom. The molecule has 0 aliphatic carbocycles. The summed E-state index contributed by atoms with van der Waals surface area (Å²) in [5.74, 6) is 13.3. The van der Waals surface area contributed by atoms with Crippen LogP contribution in [0.3, 0.4) is 0 Å². The molecule has 0 radical (unpaired) electrons. The molecule has 50 heavy (non-hydrogen) atoms. The molecular formula is C46H30Br2N2. The van der Waals surface area contributed by atoms with Crippen molar-refractivity contribution in [2.75, 3.05) is 9.80 Å². The maximum absolute atomic E-state index is 3.73. The fraction of sp³-hybridized carbons (Fsp3) is 0. The topological polar surface area (TPSA) is 6.48 Å². The number of benzene rings is 7. The van der Waals surface area contributed by atoms with Crippen molar-refractivity contribution < 1.29 is 0 Å². The van der Waals surface area contributed by atoms with Gasteiger partial charge in [0, 0.05) is 65.3 Å². The van der Waals surface area contributed by atoms with Gasteiger partial charge in [0.05, 0.1) is 0 Å². The van der Waals surface area contributed by atoms with E-state index in [9.17, 15) is 0 Å². The van der Waals surface area contributed by atoms with Gasteiger partial charge in [0.2, 0.25) is 0 Å². The third-order valence-electron chi connectivity index (χ3n) is 8.05. The van der Waals surface area contributed by atoms with Gasteiger partial charge in [-0.3, -0.25) is 0 Å². The maximum atomic E-state index is 3.73. The summed E-state index contributed by atoms with van der Waals surface area (Å²) in [6, 6.07) is 62.3. The van der Waals surface area contributed by atoms with E-state index in [1.807, 2.05) is 36.4 Å². The average Bonchev–Trinajstić information content (AvgIpc) is 3.17. The first-order valence-electron chi connectivity index (χ1n) is 16.2. The molecule has 0 unspecified atom stereocenters. The molecule has 0 aromatic heterocycles. The molecule has 0 amide bonds. The van der Waals surface area contributed by atoms with Crippen LogP contribution in [0.4, 0.5) is 34.1 Å². The number of nitrogens with zero attached hydrogens (tertiary/aromatic N) is 2. The summed E-state index contributed by atoms with van der Waals surface area (Å²) in [4.78, 5) is 4.48. The van der Waals surface area contributed by atoms with E-state index in [1.165, 1.54) is 0 Å². The number of hydrogen-bond acceptors (Lipinski definition) is 2. The first-order chi connectivity index (χ1) is 24.6. The van der Waals surface area contributed by atoms with Crippen molar-refractivity contribution >= 4 is 66.0 Å². The smallest absolute Gasteiger partial charge is 0.0462 e. The van der Waals surface area contributed by atoms with Crippen molar-refractivity contribution in [3.8, 4) is 23.7 Å². The Kier molecular flexibility index (Phi) is 10.2. The Balaban J connectivity index is 1.08. The molecular weight excluding hydrogens is 740 g/mol. The van der Waals surface area contributed by atoms with Crippen LogP contribution in [0.2, 0.25) is 0 Å². The second-order valence-electron chi connectivity index (χ2n) is 11.4. The lowest BCUT2D eigenvalue weighted by Gasteiger charge is -2.25. The first-order valence-corrected chi connectivity index (χ1v) is 17.7. The molecule has 0 N–H and O–H groups in total. The highest BCUT2D eigenvalue weighted by Crippen LogP contribution is 2.35. The zero-order valence-corrected chi connectivity index (χ0v) is 30.1. The fourth-order valence-electron chi connectivity index (χ4n) is 5.61. The van der Waals surface area contributed by atoms with E-state index < -0.39 is 0 Å². The van der Waals surface area contributed by atoms with E-state index in [-0.39, 0.29) is 0 Å². The van der Waals surface area contributed by atoms with Gasteiger partial charge in [-0.15, -0.1) is 0 Å². The van der Waals surface area contributed by atoms with Crippen LogP contribution in [-0.2, 0) is 0 Å². The molecule has 0 atom stereocenters. The standard InChI is InChI=1S/C46H30Br2N2/c47-45-34-38(28-22-36-25-31-44(32-26-36)50(41-17-9-3-10-18-41)42-19-11-4-12-20-42)46(48)33-37(45)27-21-35-23-29-43(30-24-35)49(39-13-5-1-6-14-39)40-15-7-2-8-16-40/h1-20,23-26,29-34H. The third-order valence-corrected chi connectivity index (χ3v) is 9.36. The molecule has 0 heterocycles. The predicted molar refractivity (Wildman–Crippen MR) is 216 cm³/mol. The minimum Gasteiger partial charge on any atom is -0.311 e. The van der Waals surface area contributed by atoms with Crippen LogP contribution in [0.15, 0.2) is 191 Å². The van der Waals surface area contributed by atoms with Crippen molar-refractivity contribution in [2.24, 2.45) is 0 Å². The highest BCUT2D eigenvalue weighted by atomic mass is 79.9. The lowest BCUT2D eigenvalue weighted by atomic mass is 10.1. The molecule has 2 nitrogen and oxygen atoms in total. The van der Waals surface area contributed by atoms with Gasteiger partial charge in [-0.2, -0.15) is 0 Å². The van der Waals surface area contributed by atoms with E-state index in [0.717, 1.165) is 65.3 Å². The van der Waals surface area contributed by atoms with E-state index in [4.69, 9.17) is 0 Å². The Labute approximate surface area is 310 Å². The van der Waals surface area contributed by atoms with E-state index in [2.05, 4.69) is 211 Å². The first kappa shape index (κ1) is 32.8. The number of halogens is 2. The highest BCUT2D eigenvalue weighted by Gasteiger charge is 2.13. The van der Waals surface area contributed by atoms with Crippen molar-refractivity contribution in [2.45, 2.75) is 0 Å². The predicted octanol–water partition coefficient (Wildman–Crippen LogP) is 13.0. The summed E-state index contributed by atoms with van der Waals surface area (Å²) in [7, 11) is 0. The van der Waals surface area contributed by atoms with Gasteiger partial charge in [-0.25, -0.2) is 0 Å². The summed E-state index contributed by atoms with van der Waals surface area (Å²) in [6.45, 7) is 0. The van der Waals surface area contributed by atoms with Gasteiger partial charge in [-0.05, 0) is 141 Å². The molecule has 0 fully saturated rings. The second kappa shape index (κ2) is 15.6. The lowest BCUT2D eigenvalue weighted by molar-refractivity contribution is 1.28. The summed E-state index contributed by atoms with van der Waals surface area (Å²) in [6.07, 6.45) is 0. The van der Waals surface area contributed by atoms with Crippen LogP contribution in [0.25, 0.3) is 0 Å². The summed E-state index contributed by atoms with van der Waals surface area (Å²) in [5.41, 5.74) is 10.2. The normalized spacial score (nSPS) is 10.3. The van der Waals surface area contributed by atoms with Crippen molar-refractivity contribution in [3.63, 3.8) is 0 Å². The molecule has 7 rings (SSSR count). The average molecular weight is 771 g/mol. The number of anilines is 6. The third kappa shape index (κ3) is 7.75. The Morgan fingerprint density at radius 3 is 0.840 bits per heavy atom. The van der Waals surface area contributed by atoms with Crippen molar-refractivity contribution in [1.29, 1.82) is 0 Å². The summed E-state index contributed by atoms with van der Waals surface area (Å²) < 4.78 is 1.79. The Bertz CT molecular complexity index is 2070. The summed E-state index contributed by atoms with van der Waals surface area (Å²) in [5, 5.41) is 0. The van der Waals surface area contributed by atoms with Gasteiger partial charge in [0.1, 0.15) is 0 Å². The van der Waals surface area contributed by atoms with E-state index in [0.29, 0.717) is 0 Å². The van der Waals surface area contributed by atoms with E-state index in [1.54, 1.807) is 0 Å². The zero-order chi connectivity index (χ0) is 34.1. The SMILES string of the molecule is Brc1cc(C#Cc2ccc(N(c3ccccc3)c3ccccc3)cc2)c(Br)cc1C#Cc1ccc(N(c2ccccc2)c2ccccc2)cc1. The van der Waals surface area contributed by atoms with Crippen molar-refractivity contribution in [3.05, 3.63) is 213 Å². The zero-order valence-electron chi connectivity index (χ0n) is 27.0. The molecule has 0 saturated carbocycles. The lowest BCUT2D eigenvalue weighted by Crippen LogP contribution is -2.09. The van der Waals surface area contributed by atoms with Gasteiger partial charge in [0.25, 0.3) is 0 Å². The molecule has 0 aliphatic heterocycles. The van der Waals surface area contributed by atoms with Gasteiger partial charge in [0.15, 0.2) is 0 Å². The highest BCUT2D eigenvalue weighted by molar-refractivity contribution is 9.11. The molecule has 0 bridgehead atoms. The molecule has 0 saturated heterocycles. The molecule has 7 aromatic rings. The molecule has 7 aromatic carbocycles. The van der Waals surface area contributed by atoms with Crippen LogP contribution >= 0.6 is 31.9 Å². The Hall–Kier alpha value is -5.78. The monoisotopic (exact) mass is 768 g/mol. The number of hydrogen-bond donors (Lipinski definition) is 0. The van der Waals surface area contributed by atoms with Crippen LogP contribution in [-0.4, -0.2) is 0 Å². The van der Waals surface area contributed by atoms with Crippen LogP contribution in [0.1, 0.15) is 22.3 Å². The number of rotatable bonds is 6. The van der Waals surface area contributed by atoms with Gasteiger partial charge < -0.3 is 9.80 Å². The second-order valence-corrected chi connectivity index (χ2v) is 13.1. The number of para-hydroxylation sites is 4.